The standard InChI is InChI=1S/C10H12INO2/c1-12(10(13)14)7-6-8-4-2-3-5-9(8)11/h2-5H,6-7H2,1H3,(H,13,14). The molecule has 0 heterocycles. The summed E-state index contributed by atoms with van der Waals surface area (Å²) in [6.07, 6.45) is -0.113. The predicted octanol–water partition coefficient (Wildman–Crippen LogP) is 2.44. The van der Waals surface area contributed by atoms with E-state index in [1.54, 1.807) is 7.05 Å². The SMILES string of the molecule is CN(CCc1ccccc1I)C(=O)O. The Hall–Kier alpha value is -0.780. The van der Waals surface area contributed by atoms with Crippen LogP contribution >= 0.6 is 22.6 Å². The molecule has 0 atom stereocenters. The molecule has 0 saturated carbocycles. The highest BCUT2D eigenvalue weighted by Crippen LogP contribution is 2.12. The zero-order valence-corrected chi connectivity index (χ0v) is 10.1. The van der Waals surface area contributed by atoms with Gasteiger partial charge in [-0.25, -0.2) is 4.79 Å². The lowest BCUT2D eigenvalue weighted by Gasteiger charge is -2.12. The molecule has 0 aromatic heterocycles. The zero-order chi connectivity index (χ0) is 10.6. The van der Waals surface area contributed by atoms with Crippen LogP contribution in [0.3, 0.4) is 0 Å². The molecule has 0 spiro atoms. The number of carbonyl (C=O) groups is 1. The van der Waals surface area contributed by atoms with E-state index in [0.29, 0.717) is 6.54 Å². The van der Waals surface area contributed by atoms with E-state index >= 15 is 0 Å². The quantitative estimate of drug-likeness (QED) is 0.871. The summed E-state index contributed by atoms with van der Waals surface area (Å²) in [7, 11) is 1.58. The Morgan fingerprint density at radius 3 is 2.71 bits per heavy atom. The molecular formula is C10H12INO2. The average molecular weight is 305 g/mol. The van der Waals surface area contributed by atoms with Gasteiger partial charge in [0, 0.05) is 17.2 Å². The largest absolute Gasteiger partial charge is 0.465 e. The zero-order valence-electron chi connectivity index (χ0n) is 7.90. The van der Waals surface area contributed by atoms with Crippen molar-refractivity contribution < 1.29 is 9.90 Å². The van der Waals surface area contributed by atoms with Gasteiger partial charge in [-0.05, 0) is 40.6 Å². The maximum atomic E-state index is 10.5. The molecule has 1 N–H and O–H groups in total. The van der Waals surface area contributed by atoms with Crippen LogP contribution in [-0.4, -0.2) is 29.7 Å². The van der Waals surface area contributed by atoms with Crippen LogP contribution in [-0.2, 0) is 6.42 Å². The highest BCUT2D eigenvalue weighted by molar-refractivity contribution is 14.1. The van der Waals surface area contributed by atoms with E-state index in [9.17, 15) is 4.79 Å². The summed E-state index contributed by atoms with van der Waals surface area (Å²) in [5, 5.41) is 8.65. The van der Waals surface area contributed by atoms with E-state index in [4.69, 9.17) is 5.11 Å². The third-order valence-electron chi connectivity index (χ3n) is 2.00. The first-order chi connectivity index (χ1) is 6.61. The lowest BCUT2D eigenvalue weighted by molar-refractivity contribution is 0.156. The van der Waals surface area contributed by atoms with Crippen molar-refractivity contribution >= 4 is 28.7 Å². The Morgan fingerprint density at radius 2 is 2.14 bits per heavy atom. The molecule has 3 nitrogen and oxygen atoms in total. The minimum absolute atomic E-state index is 0.537. The number of halogens is 1. The predicted molar refractivity (Wildman–Crippen MR) is 63.5 cm³/mol. The molecule has 1 aromatic carbocycles. The Morgan fingerprint density at radius 1 is 1.50 bits per heavy atom. The van der Waals surface area contributed by atoms with Crippen molar-refractivity contribution in [3.63, 3.8) is 0 Å². The van der Waals surface area contributed by atoms with Gasteiger partial charge in [-0.1, -0.05) is 18.2 Å². The van der Waals surface area contributed by atoms with Gasteiger partial charge < -0.3 is 10.0 Å². The number of rotatable bonds is 3. The Kier molecular flexibility index (Phi) is 4.19. The molecule has 0 fully saturated rings. The molecule has 1 aromatic rings. The van der Waals surface area contributed by atoms with Gasteiger partial charge in [0.1, 0.15) is 0 Å². The molecule has 0 radical (unpaired) electrons. The fraction of sp³-hybridized carbons (Fsp3) is 0.300. The number of hydrogen-bond donors (Lipinski definition) is 1. The molecular weight excluding hydrogens is 293 g/mol. The molecule has 0 aliphatic heterocycles. The van der Waals surface area contributed by atoms with E-state index in [2.05, 4.69) is 22.6 Å². The van der Waals surface area contributed by atoms with Gasteiger partial charge in [0.25, 0.3) is 0 Å². The molecule has 0 saturated heterocycles. The van der Waals surface area contributed by atoms with Gasteiger partial charge in [0.05, 0.1) is 0 Å². The van der Waals surface area contributed by atoms with Crippen molar-refractivity contribution in [1.82, 2.24) is 4.90 Å². The van der Waals surface area contributed by atoms with Crippen LogP contribution in [0.1, 0.15) is 5.56 Å². The molecule has 1 rings (SSSR count). The number of amides is 1. The van der Waals surface area contributed by atoms with Gasteiger partial charge in [-0.15, -0.1) is 0 Å². The van der Waals surface area contributed by atoms with E-state index in [-0.39, 0.29) is 0 Å². The minimum Gasteiger partial charge on any atom is -0.465 e. The summed E-state index contributed by atoms with van der Waals surface area (Å²) >= 11 is 2.26. The number of hydrogen-bond acceptors (Lipinski definition) is 1. The van der Waals surface area contributed by atoms with Gasteiger partial charge in [0.15, 0.2) is 0 Å². The van der Waals surface area contributed by atoms with Crippen molar-refractivity contribution in [2.24, 2.45) is 0 Å². The minimum atomic E-state index is -0.879. The first-order valence-electron chi connectivity index (χ1n) is 4.28. The Bertz CT molecular complexity index is 328. The second-order valence-electron chi connectivity index (χ2n) is 3.05. The van der Waals surface area contributed by atoms with E-state index < -0.39 is 6.09 Å². The molecule has 14 heavy (non-hydrogen) atoms. The fourth-order valence-corrected chi connectivity index (χ4v) is 1.74. The third kappa shape index (κ3) is 3.17. The van der Waals surface area contributed by atoms with Crippen LogP contribution < -0.4 is 0 Å². The summed E-state index contributed by atoms with van der Waals surface area (Å²) in [4.78, 5) is 11.8. The molecule has 76 valence electrons. The Balaban J connectivity index is 2.54. The summed E-state index contributed by atoms with van der Waals surface area (Å²) in [6.45, 7) is 0.537. The maximum Gasteiger partial charge on any atom is 0.407 e. The lowest BCUT2D eigenvalue weighted by atomic mass is 10.1. The summed E-state index contributed by atoms with van der Waals surface area (Å²) in [6, 6.07) is 8.00. The van der Waals surface area contributed by atoms with Crippen molar-refractivity contribution in [3.8, 4) is 0 Å². The molecule has 0 aliphatic carbocycles. The van der Waals surface area contributed by atoms with Gasteiger partial charge in [-0.3, -0.25) is 0 Å². The van der Waals surface area contributed by atoms with Gasteiger partial charge in [-0.2, -0.15) is 0 Å². The molecule has 1 amide bonds. The van der Waals surface area contributed by atoms with Gasteiger partial charge in [0.2, 0.25) is 0 Å². The van der Waals surface area contributed by atoms with E-state index in [0.717, 1.165) is 6.42 Å². The topological polar surface area (TPSA) is 40.5 Å². The number of likely N-dealkylation sites (N-methyl/N-ethyl adjacent to an activating group) is 1. The Labute approximate surface area is 96.9 Å². The molecule has 4 heteroatoms. The van der Waals surface area contributed by atoms with Crippen LogP contribution in [0.2, 0.25) is 0 Å². The first-order valence-corrected chi connectivity index (χ1v) is 5.36. The summed E-state index contributed by atoms with van der Waals surface area (Å²) in [5.74, 6) is 0. The van der Waals surface area contributed by atoms with Crippen molar-refractivity contribution in [2.45, 2.75) is 6.42 Å². The van der Waals surface area contributed by atoms with Crippen LogP contribution in [0.4, 0.5) is 4.79 Å². The van der Waals surface area contributed by atoms with Crippen LogP contribution in [0.25, 0.3) is 0 Å². The van der Waals surface area contributed by atoms with Crippen molar-refractivity contribution in [2.75, 3.05) is 13.6 Å². The first kappa shape index (κ1) is 11.3. The van der Waals surface area contributed by atoms with E-state index in [1.807, 2.05) is 24.3 Å². The molecule has 0 aliphatic rings. The van der Waals surface area contributed by atoms with Crippen LogP contribution in [0.15, 0.2) is 24.3 Å². The molecule has 0 bridgehead atoms. The van der Waals surface area contributed by atoms with Crippen molar-refractivity contribution in [3.05, 3.63) is 33.4 Å². The smallest absolute Gasteiger partial charge is 0.407 e. The summed E-state index contributed by atoms with van der Waals surface area (Å²) in [5.41, 5.74) is 1.20. The average Bonchev–Trinajstić information content (AvgIpc) is 2.16. The second-order valence-corrected chi connectivity index (χ2v) is 4.21. The van der Waals surface area contributed by atoms with Gasteiger partial charge >= 0.3 is 6.09 Å². The normalized spacial score (nSPS) is 9.86. The third-order valence-corrected chi connectivity index (χ3v) is 3.05. The van der Waals surface area contributed by atoms with Crippen LogP contribution in [0, 0.1) is 3.57 Å². The summed E-state index contributed by atoms with van der Waals surface area (Å²) < 4.78 is 1.18. The molecule has 0 unspecified atom stereocenters. The fourth-order valence-electron chi connectivity index (χ4n) is 1.08. The highest BCUT2D eigenvalue weighted by Gasteiger charge is 2.05. The number of benzene rings is 1. The highest BCUT2D eigenvalue weighted by atomic mass is 127. The van der Waals surface area contributed by atoms with Crippen LogP contribution in [0.5, 0.6) is 0 Å². The number of carboxylic acid groups (broad SMARTS) is 1. The number of nitrogens with zero attached hydrogens (tertiary/aromatic N) is 1. The monoisotopic (exact) mass is 305 g/mol. The second kappa shape index (κ2) is 5.19. The lowest BCUT2D eigenvalue weighted by Crippen LogP contribution is -2.26. The van der Waals surface area contributed by atoms with Crippen molar-refractivity contribution in [1.29, 1.82) is 0 Å². The maximum absolute atomic E-state index is 10.5. The van der Waals surface area contributed by atoms with E-state index in [1.165, 1.54) is 14.0 Å².